The van der Waals surface area contributed by atoms with E-state index in [2.05, 4.69) is 6.58 Å². The third-order valence-electron chi connectivity index (χ3n) is 7.92. The third kappa shape index (κ3) is 15.6. The molecule has 3 rings (SSSR count). The first kappa shape index (κ1) is 41.5. The summed E-state index contributed by atoms with van der Waals surface area (Å²) in [7, 11) is 0. The van der Waals surface area contributed by atoms with Crippen molar-refractivity contribution in [2.45, 2.75) is 77.6 Å². The SMILES string of the molecule is C=CC(=O)OCCCCCCOc1ccc(C(=O)Oc2ccc(OC(=O)c3ccc(OCCCCCO)cc3)cc2C)cc1OCCCCCCO. The minimum atomic E-state index is -0.583. The van der Waals surface area contributed by atoms with E-state index in [1.165, 1.54) is 0 Å². The van der Waals surface area contributed by atoms with E-state index in [4.69, 9.17) is 38.6 Å². The molecule has 0 atom stereocenters. The Balaban J connectivity index is 1.55. The van der Waals surface area contributed by atoms with Gasteiger partial charge >= 0.3 is 17.9 Å². The van der Waals surface area contributed by atoms with Crippen molar-refractivity contribution in [3.63, 3.8) is 0 Å². The largest absolute Gasteiger partial charge is 0.494 e. The molecule has 0 amide bonds. The molecule has 0 bridgehead atoms. The van der Waals surface area contributed by atoms with Crippen molar-refractivity contribution in [3.05, 3.63) is 90.0 Å². The second-order valence-electron chi connectivity index (χ2n) is 12.1. The summed E-state index contributed by atoms with van der Waals surface area (Å²) in [6.07, 6.45) is 10.3. The van der Waals surface area contributed by atoms with Crippen molar-refractivity contribution < 1.29 is 53.0 Å². The smallest absolute Gasteiger partial charge is 0.343 e. The first-order chi connectivity index (χ1) is 25.3. The van der Waals surface area contributed by atoms with E-state index in [9.17, 15) is 14.4 Å². The lowest BCUT2D eigenvalue weighted by Crippen LogP contribution is -2.11. The molecule has 2 N–H and O–H groups in total. The summed E-state index contributed by atoms with van der Waals surface area (Å²) in [5.41, 5.74) is 1.24. The standard InChI is InChI=1S/C41H52O11/c1-3-39(44)50-28-13-7-6-12-26-48-37-21-17-33(30-38(37)49-27-11-5-4-9-23-42)41(46)52-36-22-20-35(29-31(36)2)51-40(45)32-15-18-34(19-16-32)47-25-14-8-10-24-43/h3,15-22,29-30,42-43H,1,4-14,23-28H2,2H3. The molecular formula is C41H52O11. The van der Waals surface area contributed by atoms with Gasteiger partial charge in [-0.1, -0.05) is 13.0 Å². The van der Waals surface area contributed by atoms with E-state index < -0.39 is 17.9 Å². The van der Waals surface area contributed by atoms with Gasteiger partial charge < -0.3 is 38.6 Å². The highest BCUT2D eigenvalue weighted by Gasteiger charge is 2.17. The highest BCUT2D eigenvalue weighted by atomic mass is 16.5. The van der Waals surface area contributed by atoms with E-state index >= 15 is 0 Å². The molecule has 3 aromatic carbocycles. The molecule has 0 unspecified atom stereocenters. The number of aryl methyl sites for hydroxylation is 1. The molecule has 0 saturated heterocycles. The molecular weight excluding hydrogens is 668 g/mol. The number of ether oxygens (including phenoxy) is 6. The molecule has 0 radical (unpaired) electrons. The Labute approximate surface area is 306 Å². The van der Waals surface area contributed by atoms with Crippen LogP contribution in [0.5, 0.6) is 28.7 Å². The topological polar surface area (TPSA) is 147 Å². The van der Waals surface area contributed by atoms with Crippen LogP contribution in [0.1, 0.15) is 96.9 Å². The van der Waals surface area contributed by atoms with Crippen molar-refractivity contribution in [1.29, 1.82) is 0 Å². The number of unbranched alkanes of at least 4 members (excludes halogenated alkanes) is 8. The van der Waals surface area contributed by atoms with Crippen molar-refractivity contribution in [2.24, 2.45) is 0 Å². The van der Waals surface area contributed by atoms with Gasteiger partial charge in [-0.05, 0) is 137 Å². The summed E-state index contributed by atoms with van der Waals surface area (Å²) >= 11 is 0. The maximum atomic E-state index is 13.2. The number of benzene rings is 3. The van der Waals surface area contributed by atoms with Crippen molar-refractivity contribution in [2.75, 3.05) is 39.6 Å². The Bertz CT molecular complexity index is 1530. The van der Waals surface area contributed by atoms with Gasteiger partial charge in [-0.3, -0.25) is 0 Å². The van der Waals surface area contributed by atoms with Crippen molar-refractivity contribution in [3.8, 4) is 28.7 Å². The molecule has 11 nitrogen and oxygen atoms in total. The molecule has 0 aliphatic rings. The van der Waals surface area contributed by atoms with Crippen LogP contribution in [-0.2, 0) is 9.53 Å². The molecule has 0 aliphatic carbocycles. The van der Waals surface area contributed by atoms with E-state index in [1.54, 1.807) is 67.6 Å². The Hall–Kier alpha value is -4.87. The van der Waals surface area contributed by atoms with Crippen LogP contribution in [0.2, 0.25) is 0 Å². The monoisotopic (exact) mass is 720 g/mol. The minimum absolute atomic E-state index is 0.162. The average Bonchev–Trinajstić information content (AvgIpc) is 3.15. The van der Waals surface area contributed by atoms with Crippen LogP contribution >= 0.6 is 0 Å². The van der Waals surface area contributed by atoms with E-state index in [1.807, 2.05) is 0 Å². The number of carbonyl (C=O) groups excluding carboxylic acids is 3. The number of aliphatic hydroxyl groups is 2. The predicted octanol–water partition coefficient (Wildman–Crippen LogP) is 7.57. The van der Waals surface area contributed by atoms with Crippen LogP contribution in [-0.4, -0.2) is 67.8 Å². The normalized spacial score (nSPS) is 10.7. The molecule has 11 heteroatoms. The van der Waals surface area contributed by atoms with Gasteiger partial charge in [-0.2, -0.15) is 0 Å². The van der Waals surface area contributed by atoms with Crippen molar-refractivity contribution >= 4 is 17.9 Å². The second-order valence-corrected chi connectivity index (χ2v) is 12.1. The predicted molar refractivity (Wildman–Crippen MR) is 197 cm³/mol. The number of aliphatic hydroxyl groups excluding tert-OH is 2. The molecule has 52 heavy (non-hydrogen) atoms. The Kier molecular flexibility index (Phi) is 19.4. The van der Waals surface area contributed by atoms with Crippen molar-refractivity contribution in [1.82, 2.24) is 0 Å². The maximum Gasteiger partial charge on any atom is 0.343 e. The van der Waals surface area contributed by atoms with Gasteiger partial charge in [0.1, 0.15) is 17.2 Å². The molecule has 0 aromatic heterocycles. The Morgan fingerprint density at radius 1 is 0.558 bits per heavy atom. The number of rotatable bonds is 26. The van der Waals surface area contributed by atoms with Gasteiger partial charge in [0.25, 0.3) is 0 Å². The molecule has 0 saturated carbocycles. The Morgan fingerprint density at radius 3 is 1.71 bits per heavy atom. The summed E-state index contributed by atoms with van der Waals surface area (Å²) < 4.78 is 34.0. The molecule has 0 heterocycles. The Morgan fingerprint density at radius 2 is 1.08 bits per heavy atom. The highest BCUT2D eigenvalue weighted by Crippen LogP contribution is 2.31. The van der Waals surface area contributed by atoms with Crippen LogP contribution in [0.15, 0.2) is 73.3 Å². The summed E-state index contributed by atoms with van der Waals surface area (Å²) in [4.78, 5) is 37.1. The number of hydrogen-bond acceptors (Lipinski definition) is 11. The third-order valence-corrected chi connectivity index (χ3v) is 7.92. The van der Waals surface area contributed by atoms with E-state index in [0.717, 1.165) is 76.7 Å². The van der Waals surface area contributed by atoms with Crippen LogP contribution in [0, 0.1) is 6.92 Å². The molecule has 0 spiro atoms. The van der Waals surface area contributed by atoms with Gasteiger partial charge in [-0.25, -0.2) is 14.4 Å². The van der Waals surface area contributed by atoms with Gasteiger partial charge in [0, 0.05) is 19.3 Å². The summed E-state index contributed by atoms with van der Waals surface area (Å²) in [6.45, 7) is 7.23. The van der Waals surface area contributed by atoms with Gasteiger partial charge in [0.15, 0.2) is 11.5 Å². The lowest BCUT2D eigenvalue weighted by molar-refractivity contribution is -0.137. The fourth-order valence-corrected chi connectivity index (χ4v) is 4.98. The summed E-state index contributed by atoms with van der Waals surface area (Å²) in [5.74, 6) is 0.681. The van der Waals surface area contributed by atoms with E-state index in [-0.39, 0.29) is 18.8 Å². The highest BCUT2D eigenvalue weighted by molar-refractivity contribution is 5.92. The molecule has 3 aromatic rings. The van der Waals surface area contributed by atoms with Gasteiger partial charge in [0.2, 0.25) is 0 Å². The maximum absolute atomic E-state index is 13.2. The van der Waals surface area contributed by atoms with Crippen LogP contribution in [0.25, 0.3) is 0 Å². The number of carbonyl (C=O) groups is 3. The lowest BCUT2D eigenvalue weighted by atomic mass is 10.1. The first-order valence-electron chi connectivity index (χ1n) is 18.0. The van der Waals surface area contributed by atoms with Gasteiger partial charge in [-0.15, -0.1) is 0 Å². The zero-order valence-electron chi connectivity index (χ0n) is 30.1. The minimum Gasteiger partial charge on any atom is -0.494 e. The fourth-order valence-electron chi connectivity index (χ4n) is 4.98. The summed E-state index contributed by atoms with van der Waals surface area (Å²) in [5, 5.41) is 17.9. The second kappa shape index (κ2) is 24.3. The summed E-state index contributed by atoms with van der Waals surface area (Å²) in [6, 6.07) is 16.4. The molecule has 0 aliphatic heterocycles. The number of hydrogen-bond donors (Lipinski definition) is 2. The quantitative estimate of drug-likeness (QED) is 0.0366. The van der Waals surface area contributed by atoms with Crippen LogP contribution in [0.3, 0.4) is 0 Å². The number of esters is 3. The lowest BCUT2D eigenvalue weighted by Gasteiger charge is -2.15. The van der Waals surface area contributed by atoms with Crippen LogP contribution in [0.4, 0.5) is 0 Å². The first-order valence-corrected chi connectivity index (χ1v) is 18.0. The fraction of sp³-hybridized carbons (Fsp3) is 0.439. The molecule has 282 valence electrons. The van der Waals surface area contributed by atoms with Crippen LogP contribution < -0.4 is 23.7 Å². The zero-order valence-corrected chi connectivity index (χ0v) is 30.1. The van der Waals surface area contributed by atoms with E-state index in [0.29, 0.717) is 66.3 Å². The zero-order chi connectivity index (χ0) is 37.4. The molecule has 0 fully saturated rings. The van der Waals surface area contributed by atoms with Gasteiger partial charge in [0.05, 0.1) is 37.6 Å². The average molecular weight is 721 g/mol.